The van der Waals surface area contributed by atoms with Crippen molar-refractivity contribution in [3.8, 4) is 0 Å². The van der Waals surface area contributed by atoms with E-state index in [1.165, 1.54) is 0 Å². The molecule has 0 saturated carbocycles. The Kier molecular flexibility index (Phi) is 5.85. The lowest BCUT2D eigenvalue weighted by Gasteiger charge is -2.25. The Morgan fingerprint density at radius 1 is 1.06 bits per heavy atom. The molecule has 0 N–H and O–H groups in total. The standard InChI is InChI=1S/C24H24N6O2/c31-24(29(16-21-8-5-11-32-21)14-19-6-1-3-9-25-19)18-12-22-23(27-13-18)30(17-28-22)15-20-7-2-4-10-26-20/h1-4,6-7,9-10,12-13,17,21H,5,8,11,14-16H2. The number of ether oxygens (including phenoxy) is 1. The van der Waals surface area contributed by atoms with Crippen molar-refractivity contribution < 1.29 is 9.53 Å². The highest BCUT2D eigenvalue weighted by Gasteiger charge is 2.24. The maximum absolute atomic E-state index is 13.4. The van der Waals surface area contributed by atoms with Gasteiger partial charge in [0.25, 0.3) is 5.91 Å². The number of aromatic nitrogens is 5. The highest BCUT2D eigenvalue weighted by molar-refractivity contribution is 5.96. The second-order valence-corrected chi connectivity index (χ2v) is 7.90. The third kappa shape index (κ3) is 4.50. The smallest absolute Gasteiger partial charge is 0.255 e. The minimum atomic E-state index is -0.0974. The summed E-state index contributed by atoms with van der Waals surface area (Å²) in [6, 6.07) is 13.3. The molecule has 162 valence electrons. The minimum absolute atomic E-state index is 0.0527. The van der Waals surface area contributed by atoms with E-state index in [-0.39, 0.29) is 12.0 Å². The Hall–Kier alpha value is -3.65. The average Bonchev–Trinajstić information content (AvgIpc) is 3.49. The molecular formula is C24H24N6O2. The fourth-order valence-electron chi connectivity index (χ4n) is 3.97. The fraction of sp³-hybridized carbons (Fsp3) is 0.292. The van der Waals surface area contributed by atoms with E-state index >= 15 is 0 Å². The molecule has 5 heterocycles. The second kappa shape index (κ2) is 9.23. The number of hydrogen-bond acceptors (Lipinski definition) is 6. The fourth-order valence-corrected chi connectivity index (χ4v) is 3.97. The third-order valence-corrected chi connectivity index (χ3v) is 5.58. The molecule has 0 bridgehead atoms. The number of carbonyl (C=O) groups is 1. The molecule has 1 unspecified atom stereocenters. The van der Waals surface area contributed by atoms with Crippen molar-refractivity contribution >= 4 is 17.1 Å². The van der Waals surface area contributed by atoms with Crippen LogP contribution in [0.3, 0.4) is 0 Å². The summed E-state index contributed by atoms with van der Waals surface area (Å²) in [6.45, 7) is 2.27. The SMILES string of the molecule is O=C(c1cnc2c(c1)ncn2Cc1ccccn1)N(Cc1ccccn1)CC1CCCO1. The molecule has 0 spiro atoms. The summed E-state index contributed by atoms with van der Waals surface area (Å²) in [5, 5.41) is 0. The van der Waals surface area contributed by atoms with Gasteiger partial charge in [-0.2, -0.15) is 0 Å². The normalized spacial score (nSPS) is 15.8. The Balaban J connectivity index is 1.39. The maximum atomic E-state index is 13.4. The predicted molar refractivity (Wildman–Crippen MR) is 119 cm³/mol. The third-order valence-electron chi connectivity index (χ3n) is 5.58. The minimum Gasteiger partial charge on any atom is -0.376 e. The molecule has 1 aliphatic heterocycles. The Morgan fingerprint density at radius 2 is 1.88 bits per heavy atom. The van der Waals surface area contributed by atoms with Gasteiger partial charge in [-0.05, 0) is 43.2 Å². The number of rotatable bonds is 7. The molecule has 1 aliphatic rings. The molecule has 1 fully saturated rings. The highest BCUT2D eigenvalue weighted by Crippen LogP contribution is 2.19. The van der Waals surface area contributed by atoms with E-state index < -0.39 is 0 Å². The molecule has 1 amide bonds. The first-order valence-electron chi connectivity index (χ1n) is 10.8. The summed E-state index contributed by atoms with van der Waals surface area (Å²) >= 11 is 0. The summed E-state index contributed by atoms with van der Waals surface area (Å²) in [6.07, 6.45) is 8.91. The number of nitrogens with zero attached hydrogens (tertiary/aromatic N) is 6. The van der Waals surface area contributed by atoms with Gasteiger partial charge in [-0.15, -0.1) is 0 Å². The van der Waals surface area contributed by atoms with Crippen LogP contribution in [0, 0.1) is 0 Å². The van der Waals surface area contributed by atoms with Crippen molar-refractivity contribution in [3.63, 3.8) is 0 Å². The molecule has 4 aromatic heterocycles. The van der Waals surface area contributed by atoms with Crippen LogP contribution in [-0.2, 0) is 17.8 Å². The van der Waals surface area contributed by atoms with E-state index in [9.17, 15) is 4.79 Å². The van der Waals surface area contributed by atoms with Crippen LogP contribution < -0.4 is 0 Å². The first kappa shape index (κ1) is 20.3. The monoisotopic (exact) mass is 428 g/mol. The second-order valence-electron chi connectivity index (χ2n) is 7.90. The molecule has 32 heavy (non-hydrogen) atoms. The van der Waals surface area contributed by atoms with Crippen molar-refractivity contribution in [2.45, 2.75) is 32.0 Å². The van der Waals surface area contributed by atoms with Gasteiger partial charge in [0.2, 0.25) is 0 Å². The Morgan fingerprint density at radius 3 is 2.59 bits per heavy atom. The summed E-state index contributed by atoms with van der Waals surface area (Å²) in [4.78, 5) is 33.0. The van der Waals surface area contributed by atoms with E-state index in [4.69, 9.17) is 4.74 Å². The summed E-state index contributed by atoms with van der Waals surface area (Å²) in [7, 11) is 0. The molecule has 0 aliphatic carbocycles. The molecule has 8 nitrogen and oxygen atoms in total. The van der Waals surface area contributed by atoms with Crippen molar-refractivity contribution in [1.82, 2.24) is 29.4 Å². The van der Waals surface area contributed by atoms with Crippen molar-refractivity contribution in [3.05, 3.63) is 84.3 Å². The van der Waals surface area contributed by atoms with Gasteiger partial charge in [-0.1, -0.05) is 12.1 Å². The zero-order chi connectivity index (χ0) is 21.8. The molecule has 5 rings (SSSR count). The lowest BCUT2D eigenvalue weighted by molar-refractivity contribution is 0.0504. The van der Waals surface area contributed by atoms with Crippen LogP contribution in [0.15, 0.2) is 67.4 Å². The van der Waals surface area contributed by atoms with E-state index in [0.717, 1.165) is 36.5 Å². The number of carbonyl (C=O) groups excluding carboxylic acids is 1. The van der Waals surface area contributed by atoms with E-state index in [1.807, 2.05) is 41.0 Å². The number of fused-ring (bicyclic) bond motifs is 1. The Labute approximate surface area is 185 Å². The lowest BCUT2D eigenvalue weighted by atomic mass is 10.2. The molecule has 1 saturated heterocycles. The lowest BCUT2D eigenvalue weighted by Crippen LogP contribution is -2.37. The maximum Gasteiger partial charge on any atom is 0.255 e. The van der Waals surface area contributed by atoms with Gasteiger partial charge in [0.1, 0.15) is 5.52 Å². The number of pyridine rings is 3. The van der Waals surface area contributed by atoms with Crippen molar-refractivity contribution in [2.24, 2.45) is 0 Å². The van der Waals surface area contributed by atoms with Crippen LogP contribution in [0.25, 0.3) is 11.2 Å². The summed E-state index contributed by atoms with van der Waals surface area (Å²) in [5.41, 5.74) is 3.68. The average molecular weight is 428 g/mol. The van der Waals surface area contributed by atoms with Gasteiger partial charge in [0, 0.05) is 31.7 Å². The van der Waals surface area contributed by atoms with Crippen LogP contribution in [-0.4, -0.2) is 54.6 Å². The summed E-state index contributed by atoms with van der Waals surface area (Å²) in [5.74, 6) is -0.0974. The van der Waals surface area contributed by atoms with Crippen LogP contribution in [0.2, 0.25) is 0 Å². The molecule has 8 heteroatoms. The van der Waals surface area contributed by atoms with Crippen LogP contribution >= 0.6 is 0 Å². The number of imidazole rings is 1. The van der Waals surface area contributed by atoms with Gasteiger partial charge in [-0.3, -0.25) is 14.8 Å². The van der Waals surface area contributed by atoms with Gasteiger partial charge < -0.3 is 14.2 Å². The molecular weight excluding hydrogens is 404 g/mol. The first-order valence-corrected chi connectivity index (χ1v) is 10.8. The first-order chi connectivity index (χ1) is 15.8. The van der Waals surface area contributed by atoms with Gasteiger partial charge in [-0.25, -0.2) is 9.97 Å². The molecule has 0 radical (unpaired) electrons. The van der Waals surface area contributed by atoms with Gasteiger partial charge in [0.05, 0.1) is 42.5 Å². The Bertz CT molecular complexity index is 1190. The van der Waals surface area contributed by atoms with E-state index in [2.05, 4.69) is 19.9 Å². The summed E-state index contributed by atoms with van der Waals surface area (Å²) < 4.78 is 7.72. The zero-order valence-electron chi connectivity index (χ0n) is 17.7. The van der Waals surface area contributed by atoms with Crippen LogP contribution in [0.5, 0.6) is 0 Å². The molecule has 4 aromatic rings. The van der Waals surface area contributed by atoms with Gasteiger partial charge >= 0.3 is 0 Å². The zero-order valence-corrected chi connectivity index (χ0v) is 17.7. The quantitative estimate of drug-likeness (QED) is 0.450. The topological polar surface area (TPSA) is 86.0 Å². The van der Waals surface area contributed by atoms with E-state index in [1.54, 1.807) is 35.9 Å². The molecule has 0 aromatic carbocycles. The van der Waals surface area contributed by atoms with Crippen LogP contribution in [0.1, 0.15) is 34.6 Å². The predicted octanol–water partition coefficient (Wildman–Crippen LogP) is 3.09. The highest BCUT2D eigenvalue weighted by atomic mass is 16.5. The number of hydrogen-bond donors (Lipinski definition) is 0. The van der Waals surface area contributed by atoms with E-state index in [0.29, 0.717) is 30.7 Å². The van der Waals surface area contributed by atoms with Gasteiger partial charge in [0.15, 0.2) is 5.65 Å². The molecule has 1 atom stereocenters. The number of amides is 1. The van der Waals surface area contributed by atoms with Crippen molar-refractivity contribution in [2.75, 3.05) is 13.2 Å². The van der Waals surface area contributed by atoms with Crippen LogP contribution in [0.4, 0.5) is 0 Å². The largest absolute Gasteiger partial charge is 0.376 e. The van der Waals surface area contributed by atoms with Crippen molar-refractivity contribution in [1.29, 1.82) is 0 Å².